The van der Waals surface area contributed by atoms with Gasteiger partial charge >= 0.3 is 0 Å². The van der Waals surface area contributed by atoms with Crippen molar-refractivity contribution in [2.75, 3.05) is 26.7 Å². The van der Waals surface area contributed by atoms with Crippen LogP contribution >= 0.6 is 0 Å². The number of hydrogen-bond acceptors (Lipinski definition) is 3. The van der Waals surface area contributed by atoms with Crippen LogP contribution in [0.5, 0.6) is 0 Å². The first-order valence-corrected chi connectivity index (χ1v) is 6.86. The predicted molar refractivity (Wildman–Crippen MR) is 77.8 cm³/mol. The number of pyridine rings is 1. The molecule has 0 unspecified atom stereocenters. The van der Waals surface area contributed by atoms with Crippen molar-refractivity contribution in [3.63, 3.8) is 0 Å². The fourth-order valence-electron chi connectivity index (χ4n) is 1.69. The first-order valence-electron chi connectivity index (χ1n) is 6.86. The van der Waals surface area contributed by atoms with Gasteiger partial charge < -0.3 is 10.2 Å². The Labute approximate surface area is 112 Å². The number of likely N-dealkylation sites (N-methyl/N-ethyl adjacent to an activating group) is 1. The lowest BCUT2D eigenvalue weighted by atomic mass is 10.0. The van der Waals surface area contributed by atoms with Gasteiger partial charge in [0, 0.05) is 37.6 Å². The molecule has 0 spiro atoms. The second kappa shape index (κ2) is 7.49. The molecular weight excluding hydrogens is 222 g/mol. The summed E-state index contributed by atoms with van der Waals surface area (Å²) < 4.78 is 0. The highest BCUT2D eigenvalue weighted by atomic mass is 15.1. The number of rotatable bonds is 8. The van der Waals surface area contributed by atoms with E-state index in [0.717, 1.165) is 32.5 Å². The second-order valence-corrected chi connectivity index (χ2v) is 5.57. The Balaban J connectivity index is 2.16. The van der Waals surface area contributed by atoms with E-state index in [1.807, 2.05) is 12.4 Å². The van der Waals surface area contributed by atoms with Gasteiger partial charge in [-0.25, -0.2) is 0 Å². The third-order valence-corrected chi connectivity index (χ3v) is 3.51. The van der Waals surface area contributed by atoms with E-state index in [1.165, 1.54) is 5.56 Å². The zero-order chi connectivity index (χ0) is 13.4. The van der Waals surface area contributed by atoms with Crippen molar-refractivity contribution in [3.05, 3.63) is 30.1 Å². The van der Waals surface area contributed by atoms with Crippen LogP contribution in [0.1, 0.15) is 32.8 Å². The fraction of sp³-hybridized carbons (Fsp3) is 0.667. The smallest absolute Gasteiger partial charge is 0.0270 e. The van der Waals surface area contributed by atoms with E-state index in [2.05, 4.69) is 55.2 Å². The zero-order valence-corrected chi connectivity index (χ0v) is 12.2. The molecule has 3 nitrogen and oxygen atoms in total. The van der Waals surface area contributed by atoms with Gasteiger partial charge in [0.1, 0.15) is 0 Å². The highest BCUT2D eigenvalue weighted by Gasteiger charge is 2.13. The van der Waals surface area contributed by atoms with E-state index < -0.39 is 0 Å². The van der Waals surface area contributed by atoms with Crippen molar-refractivity contribution in [1.29, 1.82) is 0 Å². The van der Waals surface area contributed by atoms with E-state index in [-0.39, 0.29) is 5.54 Å². The normalized spacial score (nSPS) is 12.1. The molecule has 1 aromatic heterocycles. The summed E-state index contributed by atoms with van der Waals surface area (Å²) in [6.45, 7) is 9.97. The molecule has 1 rings (SSSR count). The van der Waals surface area contributed by atoms with Crippen molar-refractivity contribution in [2.45, 2.75) is 39.2 Å². The summed E-state index contributed by atoms with van der Waals surface area (Å²) >= 11 is 0. The number of nitrogens with zero attached hydrogens (tertiary/aromatic N) is 2. The Bertz CT molecular complexity index is 322. The Kier molecular flexibility index (Phi) is 6.30. The van der Waals surface area contributed by atoms with E-state index in [0.29, 0.717) is 0 Å². The Morgan fingerprint density at radius 3 is 2.50 bits per heavy atom. The van der Waals surface area contributed by atoms with Crippen LogP contribution in [0.15, 0.2) is 24.5 Å². The molecule has 0 fully saturated rings. The van der Waals surface area contributed by atoms with Gasteiger partial charge in [-0.1, -0.05) is 6.92 Å². The maximum Gasteiger partial charge on any atom is 0.0270 e. The van der Waals surface area contributed by atoms with E-state index >= 15 is 0 Å². The van der Waals surface area contributed by atoms with Crippen LogP contribution in [-0.4, -0.2) is 42.1 Å². The van der Waals surface area contributed by atoms with Crippen molar-refractivity contribution in [2.24, 2.45) is 0 Å². The molecule has 18 heavy (non-hydrogen) atoms. The van der Waals surface area contributed by atoms with Crippen LogP contribution in [0.3, 0.4) is 0 Å². The summed E-state index contributed by atoms with van der Waals surface area (Å²) in [7, 11) is 2.18. The molecule has 102 valence electrons. The summed E-state index contributed by atoms with van der Waals surface area (Å²) in [6, 6.07) is 4.18. The van der Waals surface area contributed by atoms with E-state index in [4.69, 9.17) is 0 Å². The van der Waals surface area contributed by atoms with Gasteiger partial charge in [-0.3, -0.25) is 4.98 Å². The average Bonchev–Trinajstić information content (AvgIpc) is 2.37. The standard InChI is InChI=1S/C15H27N3/c1-5-15(2,3)17-11-13-18(4)12-8-14-6-9-16-10-7-14/h6-7,9-10,17H,5,8,11-13H2,1-4H3. The first kappa shape index (κ1) is 15.1. The zero-order valence-electron chi connectivity index (χ0n) is 12.2. The second-order valence-electron chi connectivity index (χ2n) is 5.57. The van der Waals surface area contributed by atoms with Crippen molar-refractivity contribution in [1.82, 2.24) is 15.2 Å². The maximum atomic E-state index is 4.03. The van der Waals surface area contributed by atoms with Gasteiger partial charge in [-0.15, -0.1) is 0 Å². The third kappa shape index (κ3) is 6.12. The summed E-state index contributed by atoms with van der Waals surface area (Å²) in [4.78, 5) is 6.41. The number of nitrogens with one attached hydrogen (secondary N) is 1. The number of hydrogen-bond donors (Lipinski definition) is 1. The molecule has 0 saturated heterocycles. The number of aromatic nitrogens is 1. The summed E-state index contributed by atoms with van der Waals surface area (Å²) in [5.41, 5.74) is 1.62. The van der Waals surface area contributed by atoms with Gasteiger partial charge in [0.15, 0.2) is 0 Å². The highest BCUT2D eigenvalue weighted by Crippen LogP contribution is 2.05. The van der Waals surface area contributed by atoms with Gasteiger partial charge in [0.05, 0.1) is 0 Å². The molecule has 1 heterocycles. The summed E-state index contributed by atoms with van der Waals surface area (Å²) in [5.74, 6) is 0. The lowest BCUT2D eigenvalue weighted by Crippen LogP contribution is -2.42. The summed E-state index contributed by atoms with van der Waals surface area (Å²) in [6.07, 6.45) is 5.98. The van der Waals surface area contributed by atoms with Crippen LogP contribution < -0.4 is 5.32 Å². The highest BCUT2D eigenvalue weighted by molar-refractivity contribution is 5.09. The molecule has 1 N–H and O–H groups in total. The van der Waals surface area contributed by atoms with Crippen molar-refractivity contribution >= 4 is 0 Å². The average molecular weight is 249 g/mol. The molecule has 0 radical (unpaired) electrons. The van der Waals surface area contributed by atoms with Gasteiger partial charge in [-0.2, -0.15) is 0 Å². The molecule has 0 aromatic carbocycles. The lowest BCUT2D eigenvalue weighted by Gasteiger charge is -2.26. The molecule has 3 heteroatoms. The molecule has 0 saturated carbocycles. The molecule has 1 aromatic rings. The molecule has 0 atom stereocenters. The molecular formula is C15H27N3. The minimum absolute atomic E-state index is 0.256. The lowest BCUT2D eigenvalue weighted by molar-refractivity contribution is 0.301. The van der Waals surface area contributed by atoms with Crippen LogP contribution in [0.4, 0.5) is 0 Å². The van der Waals surface area contributed by atoms with E-state index in [1.54, 1.807) is 0 Å². The Morgan fingerprint density at radius 1 is 1.22 bits per heavy atom. The monoisotopic (exact) mass is 249 g/mol. The van der Waals surface area contributed by atoms with Gasteiger partial charge in [0.25, 0.3) is 0 Å². The van der Waals surface area contributed by atoms with Crippen LogP contribution in [-0.2, 0) is 6.42 Å². The fourth-order valence-corrected chi connectivity index (χ4v) is 1.69. The Morgan fingerprint density at radius 2 is 1.89 bits per heavy atom. The molecule has 0 aliphatic heterocycles. The van der Waals surface area contributed by atoms with Crippen molar-refractivity contribution < 1.29 is 0 Å². The SMILES string of the molecule is CCC(C)(C)NCCN(C)CCc1ccncc1. The minimum atomic E-state index is 0.256. The van der Waals surface area contributed by atoms with Crippen molar-refractivity contribution in [3.8, 4) is 0 Å². The van der Waals surface area contributed by atoms with Gasteiger partial charge in [0.2, 0.25) is 0 Å². The minimum Gasteiger partial charge on any atom is -0.311 e. The first-order chi connectivity index (χ1) is 8.53. The van der Waals surface area contributed by atoms with E-state index in [9.17, 15) is 0 Å². The quantitative estimate of drug-likeness (QED) is 0.766. The third-order valence-electron chi connectivity index (χ3n) is 3.51. The van der Waals surface area contributed by atoms with Crippen LogP contribution in [0.25, 0.3) is 0 Å². The maximum absolute atomic E-state index is 4.03. The molecule has 0 aliphatic rings. The predicted octanol–water partition coefficient (Wildman–Crippen LogP) is 2.33. The Hall–Kier alpha value is -0.930. The molecule has 0 aliphatic carbocycles. The molecule has 0 amide bonds. The van der Waals surface area contributed by atoms with Crippen LogP contribution in [0.2, 0.25) is 0 Å². The molecule has 0 bridgehead atoms. The largest absolute Gasteiger partial charge is 0.311 e. The topological polar surface area (TPSA) is 28.2 Å². The van der Waals surface area contributed by atoms with Gasteiger partial charge in [-0.05, 0) is 51.4 Å². The van der Waals surface area contributed by atoms with Crippen LogP contribution in [0, 0.1) is 0 Å². The summed E-state index contributed by atoms with van der Waals surface area (Å²) in [5, 5.41) is 3.59.